The van der Waals surface area contributed by atoms with Crippen molar-refractivity contribution in [1.82, 2.24) is 5.32 Å². The van der Waals surface area contributed by atoms with Crippen molar-refractivity contribution in [3.63, 3.8) is 0 Å². The van der Waals surface area contributed by atoms with E-state index in [4.69, 9.17) is 4.74 Å². The highest BCUT2D eigenvalue weighted by molar-refractivity contribution is 5.27. The summed E-state index contributed by atoms with van der Waals surface area (Å²) in [6, 6.07) is 8.92. The minimum absolute atomic E-state index is 0.621. The normalized spacial score (nSPS) is 16.3. The molecular weight excluding hydrogens is 234 g/mol. The van der Waals surface area contributed by atoms with Crippen LogP contribution in [-0.2, 0) is 0 Å². The van der Waals surface area contributed by atoms with Crippen molar-refractivity contribution in [2.24, 2.45) is 5.92 Å². The van der Waals surface area contributed by atoms with Crippen molar-refractivity contribution < 1.29 is 4.74 Å². The fourth-order valence-electron chi connectivity index (χ4n) is 2.50. The van der Waals surface area contributed by atoms with Gasteiger partial charge in [0, 0.05) is 6.04 Å². The van der Waals surface area contributed by atoms with E-state index in [0.29, 0.717) is 6.04 Å². The molecule has 1 aliphatic rings. The summed E-state index contributed by atoms with van der Waals surface area (Å²) < 4.78 is 5.85. The summed E-state index contributed by atoms with van der Waals surface area (Å²) >= 11 is 0. The van der Waals surface area contributed by atoms with Crippen molar-refractivity contribution in [1.29, 1.82) is 0 Å². The van der Waals surface area contributed by atoms with E-state index >= 15 is 0 Å². The third-order valence-corrected chi connectivity index (χ3v) is 3.84. The third-order valence-electron chi connectivity index (χ3n) is 3.84. The van der Waals surface area contributed by atoms with E-state index in [1.807, 2.05) is 6.07 Å². The highest BCUT2D eigenvalue weighted by Crippen LogP contribution is 2.34. The maximum atomic E-state index is 5.85. The second kappa shape index (κ2) is 7.54. The van der Waals surface area contributed by atoms with Crippen LogP contribution in [0, 0.1) is 12.8 Å². The molecule has 2 rings (SSSR count). The number of hydrogen-bond donors (Lipinski definition) is 1. The van der Waals surface area contributed by atoms with Crippen LogP contribution in [-0.4, -0.2) is 19.2 Å². The molecule has 1 fully saturated rings. The predicted molar refractivity (Wildman–Crippen MR) is 80.7 cm³/mol. The van der Waals surface area contributed by atoms with Crippen LogP contribution < -0.4 is 10.1 Å². The molecule has 106 valence electrons. The van der Waals surface area contributed by atoms with E-state index in [0.717, 1.165) is 31.2 Å². The minimum Gasteiger partial charge on any atom is -0.494 e. The number of aryl methyl sites for hydroxylation is 1. The second-order valence-electron chi connectivity index (χ2n) is 5.73. The quantitative estimate of drug-likeness (QED) is 0.727. The van der Waals surface area contributed by atoms with Gasteiger partial charge in [-0.2, -0.15) is 0 Å². The van der Waals surface area contributed by atoms with Crippen molar-refractivity contribution in [3.8, 4) is 5.75 Å². The Labute approximate surface area is 117 Å². The largest absolute Gasteiger partial charge is 0.494 e. The molecule has 1 aromatic carbocycles. The molecule has 1 saturated carbocycles. The van der Waals surface area contributed by atoms with Crippen molar-refractivity contribution >= 4 is 0 Å². The predicted octanol–water partition coefficient (Wildman–Crippen LogP) is 3.93. The zero-order chi connectivity index (χ0) is 13.5. The average molecular weight is 261 g/mol. The van der Waals surface area contributed by atoms with Gasteiger partial charge in [0.25, 0.3) is 0 Å². The lowest BCUT2D eigenvalue weighted by molar-refractivity contribution is 0.279. The molecule has 1 aliphatic carbocycles. The van der Waals surface area contributed by atoms with Gasteiger partial charge in [0.2, 0.25) is 0 Å². The van der Waals surface area contributed by atoms with Gasteiger partial charge in [-0.15, -0.1) is 0 Å². The first-order valence-corrected chi connectivity index (χ1v) is 7.70. The fraction of sp³-hybridized carbons (Fsp3) is 0.647. The molecule has 0 spiro atoms. The van der Waals surface area contributed by atoms with Crippen LogP contribution in [0.25, 0.3) is 0 Å². The second-order valence-corrected chi connectivity index (χ2v) is 5.73. The van der Waals surface area contributed by atoms with E-state index in [9.17, 15) is 0 Å². The first kappa shape index (κ1) is 14.4. The van der Waals surface area contributed by atoms with E-state index in [1.165, 1.54) is 31.2 Å². The Morgan fingerprint density at radius 2 is 2.16 bits per heavy atom. The smallest absolute Gasteiger partial charge is 0.119 e. The number of ether oxygens (including phenoxy) is 1. The lowest BCUT2D eigenvalue weighted by Crippen LogP contribution is -2.30. The zero-order valence-corrected chi connectivity index (χ0v) is 12.3. The monoisotopic (exact) mass is 261 g/mol. The van der Waals surface area contributed by atoms with Crippen LogP contribution in [0.3, 0.4) is 0 Å². The van der Waals surface area contributed by atoms with Gasteiger partial charge in [-0.3, -0.25) is 0 Å². The molecular formula is C17H27NO. The summed E-state index contributed by atoms with van der Waals surface area (Å²) in [5.74, 6) is 2.02. The molecule has 0 heterocycles. The fourth-order valence-corrected chi connectivity index (χ4v) is 2.50. The Kier molecular flexibility index (Phi) is 5.71. The molecule has 0 aliphatic heterocycles. The number of benzene rings is 1. The maximum Gasteiger partial charge on any atom is 0.119 e. The van der Waals surface area contributed by atoms with Crippen LogP contribution in [0.4, 0.5) is 0 Å². The highest BCUT2D eigenvalue weighted by atomic mass is 16.5. The maximum absolute atomic E-state index is 5.85. The molecule has 1 unspecified atom stereocenters. The Hall–Kier alpha value is -1.02. The number of nitrogens with one attached hydrogen (secondary N) is 1. The topological polar surface area (TPSA) is 21.3 Å². The van der Waals surface area contributed by atoms with Gasteiger partial charge in [-0.25, -0.2) is 0 Å². The molecule has 0 amide bonds. The summed E-state index contributed by atoms with van der Waals surface area (Å²) in [5, 5.41) is 3.58. The Bertz CT molecular complexity index is 373. The van der Waals surface area contributed by atoms with Gasteiger partial charge in [0.05, 0.1) is 6.61 Å². The summed E-state index contributed by atoms with van der Waals surface area (Å²) in [5.41, 5.74) is 1.26. The van der Waals surface area contributed by atoms with Crippen LogP contribution in [0.1, 0.15) is 44.6 Å². The van der Waals surface area contributed by atoms with Crippen LogP contribution in [0.15, 0.2) is 24.3 Å². The number of rotatable bonds is 9. The molecule has 0 saturated heterocycles. The van der Waals surface area contributed by atoms with Gasteiger partial charge in [0.1, 0.15) is 5.75 Å². The molecule has 2 heteroatoms. The molecule has 0 bridgehead atoms. The first-order chi connectivity index (χ1) is 9.28. The molecule has 1 N–H and O–H groups in total. The third kappa shape index (κ3) is 5.65. The number of hydrogen-bond acceptors (Lipinski definition) is 2. The molecule has 1 atom stereocenters. The van der Waals surface area contributed by atoms with E-state index in [-0.39, 0.29) is 0 Å². The SMILES string of the molecule is CCNC(CCOc1cccc(C)c1)CCC1CC1. The van der Waals surface area contributed by atoms with Gasteiger partial charge >= 0.3 is 0 Å². The van der Waals surface area contributed by atoms with E-state index in [2.05, 4.69) is 37.4 Å². The van der Waals surface area contributed by atoms with Gasteiger partial charge in [-0.1, -0.05) is 31.9 Å². The highest BCUT2D eigenvalue weighted by Gasteiger charge is 2.22. The van der Waals surface area contributed by atoms with Gasteiger partial charge in [-0.05, 0) is 56.3 Å². The molecule has 1 aromatic rings. The standard InChI is InChI=1S/C17H27NO/c1-3-18-16(10-9-15-7-8-15)11-12-19-17-6-4-5-14(2)13-17/h4-6,13,15-16,18H,3,7-12H2,1-2H3. The van der Waals surface area contributed by atoms with Crippen LogP contribution in [0.5, 0.6) is 5.75 Å². The lowest BCUT2D eigenvalue weighted by atomic mass is 10.1. The lowest BCUT2D eigenvalue weighted by Gasteiger charge is -2.18. The molecule has 2 nitrogen and oxygen atoms in total. The van der Waals surface area contributed by atoms with Gasteiger partial charge in [0.15, 0.2) is 0 Å². The van der Waals surface area contributed by atoms with Crippen molar-refractivity contribution in [2.75, 3.05) is 13.2 Å². The van der Waals surface area contributed by atoms with E-state index < -0.39 is 0 Å². The summed E-state index contributed by atoms with van der Waals surface area (Å²) in [6.07, 6.45) is 6.71. The Morgan fingerprint density at radius 1 is 1.32 bits per heavy atom. The molecule has 0 aromatic heterocycles. The van der Waals surface area contributed by atoms with E-state index in [1.54, 1.807) is 0 Å². The summed E-state index contributed by atoms with van der Waals surface area (Å²) in [4.78, 5) is 0. The van der Waals surface area contributed by atoms with Gasteiger partial charge < -0.3 is 10.1 Å². The molecule has 0 radical (unpaired) electrons. The first-order valence-electron chi connectivity index (χ1n) is 7.70. The minimum atomic E-state index is 0.621. The van der Waals surface area contributed by atoms with Crippen molar-refractivity contribution in [3.05, 3.63) is 29.8 Å². The average Bonchev–Trinajstić information content (AvgIpc) is 3.20. The summed E-state index contributed by atoms with van der Waals surface area (Å²) in [7, 11) is 0. The van der Waals surface area contributed by atoms with Crippen LogP contribution in [0.2, 0.25) is 0 Å². The molecule has 19 heavy (non-hydrogen) atoms. The Balaban J connectivity index is 1.68. The van der Waals surface area contributed by atoms with Crippen LogP contribution >= 0.6 is 0 Å². The Morgan fingerprint density at radius 3 is 2.84 bits per heavy atom. The van der Waals surface area contributed by atoms with Crippen molar-refractivity contribution in [2.45, 2.75) is 52.0 Å². The zero-order valence-electron chi connectivity index (χ0n) is 12.3. The summed E-state index contributed by atoms with van der Waals surface area (Å²) in [6.45, 7) is 6.15.